The van der Waals surface area contributed by atoms with E-state index in [0.717, 1.165) is 12.0 Å². The fourth-order valence-corrected chi connectivity index (χ4v) is 3.98. The van der Waals surface area contributed by atoms with Crippen LogP contribution in [0.3, 0.4) is 0 Å². The second-order valence-electron chi connectivity index (χ2n) is 7.31. The minimum absolute atomic E-state index is 0.0414. The fourth-order valence-electron chi connectivity index (χ4n) is 3.28. The average molecular weight is 374 g/mol. The summed E-state index contributed by atoms with van der Waals surface area (Å²) in [5, 5.41) is 11.6. The van der Waals surface area contributed by atoms with Crippen LogP contribution in [0.15, 0.2) is 27.8 Å². The van der Waals surface area contributed by atoms with E-state index >= 15 is 0 Å². The summed E-state index contributed by atoms with van der Waals surface area (Å²) in [6.45, 7) is 8.23. The first-order valence-corrected chi connectivity index (χ1v) is 10.2. The Morgan fingerprint density at radius 1 is 1.23 bits per heavy atom. The van der Waals surface area contributed by atoms with Crippen LogP contribution >= 0.6 is 11.8 Å². The summed E-state index contributed by atoms with van der Waals surface area (Å²) in [4.78, 5) is 12.5. The predicted molar refractivity (Wildman–Crippen MR) is 104 cm³/mol. The Bertz CT molecular complexity index is 774. The molecule has 1 heterocycles. The van der Waals surface area contributed by atoms with Gasteiger partial charge < -0.3 is 9.73 Å². The molecule has 0 aliphatic heterocycles. The predicted octanol–water partition coefficient (Wildman–Crippen LogP) is 4.53. The van der Waals surface area contributed by atoms with Crippen molar-refractivity contribution in [3.05, 3.63) is 29.3 Å². The van der Waals surface area contributed by atoms with E-state index in [0.29, 0.717) is 17.0 Å². The number of hydrogen-bond acceptors (Lipinski definition) is 5. The van der Waals surface area contributed by atoms with Gasteiger partial charge in [-0.2, -0.15) is 0 Å². The van der Waals surface area contributed by atoms with Crippen LogP contribution in [0.2, 0.25) is 0 Å². The second-order valence-corrected chi connectivity index (χ2v) is 8.60. The van der Waals surface area contributed by atoms with Gasteiger partial charge in [0.1, 0.15) is 0 Å². The smallest absolute Gasteiger partial charge is 0.277 e. The zero-order valence-electron chi connectivity index (χ0n) is 15.9. The van der Waals surface area contributed by atoms with Crippen molar-refractivity contribution in [1.82, 2.24) is 15.5 Å². The Balaban J connectivity index is 1.60. The van der Waals surface area contributed by atoms with Gasteiger partial charge in [-0.05, 0) is 62.8 Å². The zero-order valence-corrected chi connectivity index (χ0v) is 16.7. The van der Waals surface area contributed by atoms with Crippen molar-refractivity contribution >= 4 is 17.7 Å². The van der Waals surface area contributed by atoms with Gasteiger partial charge >= 0.3 is 0 Å². The van der Waals surface area contributed by atoms with Crippen molar-refractivity contribution in [2.75, 3.05) is 0 Å². The maximum absolute atomic E-state index is 12.5. The molecule has 1 aromatic carbocycles. The van der Waals surface area contributed by atoms with Gasteiger partial charge in [0.25, 0.3) is 5.22 Å². The van der Waals surface area contributed by atoms with E-state index in [4.69, 9.17) is 4.42 Å². The highest BCUT2D eigenvalue weighted by molar-refractivity contribution is 8.00. The number of hydrogen-bond donors (Lipinski definition) is 1. The Morgan fingerprint density at radius 2 is 2.00 bits per heavy atom. The van der Waals surface area contributed by atoms with Crippen molar-refractivity contribution in [2.24, 2.45) is 5.92 Å². The molecule has 1 amide bonds. The highest BCUT2D eigenvalue weighted by atomic mass is 32.2. The number of amides is 1. The van der Waals surface area contributed by atoms with Crippen molar-refractivity contribution in [3.8, 4) is 11.5 Å². The van der Waals surface area contributed by atoms with E-state index in [9.17, 15) is 4.79 Å². The Kier molecular flexibility index (Phi) is 6.01. The van der Waals surface area contributed by atoms with E-state index in [1.807, 2.05) is 25.1 Å². The summed E-state index contributed by atoms with van der Waals surface area (Å²) >= 11 is 1.31. The molecule has 0 radical (unpaired) electrons. The maximum Gasteiger partial charge on any atom is 0.277 e. The number of nitrogens with zero attached hydrogens (tertiary/aromatic N) is 2. The van der Waals surface area contributed by atoms with E-state index in [1.54, 1.807) is 0 Å². The summed E-state index contributed by atoms with van der Waals surface area (Å²) in [5.41, 5.74) is 3.31. The maximum atomic E-state index is 12.5. The van der Waals surface area contributed by atoms with Crippen LogP contribution in [0.1, 0.15) is 50.7 Å². The molecule has 1 N–H and O–H groups in total. The molecule has 5 nitrogen and oxygen atoms in total. The van der Waals surface area contributed by atoms with Gasteiger partial charge in [0, 0.05) is 11.6 Å². The SMILES string of the molecule is Cc1ccc(-c2nnc(S[C@H](C)C(=O)N[C@@H]3CCCC[C@@H]3C)o2)cc1C. The van der Waals surface area contributed by atoms with E-state index < -0.39 is 0 Å². The molecule has 2 aromatic rings. The Hall–Kier alpha value is -1.82. The number of aromatic nitrogens is 2. The topological polar surface area (TPSA) is 68.0 Å². The van der Waals surface area contributed by atoms with Gasteiger partial charge in [-0.1, -0.05) is 37.6 Å². The van der Waals surface area contributed by atoms with Crippen LogP contribution in [0.5, 0.6) is 0 Å². The van der Waals surface area contributed by atoms with Gasteiger partial charge in [-0.15, -0.1) is 10.2 Å². The molecule has 0 bridgehead atoms. The quantitative estimate of drug-likeness (QED) is 0.780. The van der Waals surface area contributed by atoms with Gasteiger partial charge in [0.05, 0.1) is 5.25 Å². The summed E-state index contributed by atoms with van der Waals surface area (Å²) < 4.78 is 5.76. The zero-order chi connectivity index (χ0) is 18.7. The van der Waals surface area contributed by atoms with Crippen molar-refractivity contribution in [1.29, 1.82) is 0 Å². The number of carbonyl (C=O) groups is 1. The molecule has 0 spiro atoms. The molecule has 1 saturated carbocycles. The van der Waals surface area contributed by atoms with Crippen LogP contribution in [-0.2, 0) is 4.79 Å². The monoisotopic (exact) mass is 373 g/mol. The van der Waals surface area contributed by atoms with Gasteiger partial charge in [0.15, 0.2) is 0 Å². The van der Waals surface area contributed by atoms with Crippen LogP contribution < -0.4 is 5.32 Å². The third-order valence-electron chi connectivity index (χ3n) is 5.25. The number of nitrogens with one attached hydrogen (secondary N) is 1. The normalized spacial score (nSPS) is 21.4. The molecule has 6 heteroatoms. The summed E-state index contributed by atoms with van der Waals surface area (Å²) in [7, 11) is 0. The molecule has 140 valence electrons. The largest absolute Gasteiger partial charge is 0.411 e. The minimum atomic E-state index is -0.266. The average Bonchev–Trinajstić information content (AvgIpc) is 3.07. The number of rotatable bonds is 5. The van der Waals surface area contributed by atoms with Crippen LogP contribution in [-0.4, -0.2) is 27.4 Å². The molecular weight excluding hydrogens is 346 g/mol. The lowest BCUT2D eigenvalue weighted by molar-refractivity contribution is -0.121. The number of thioether (sulfide) groups is 1. The van der Waals surface area contributed by atoms with Crippen molar-refractivity contribution < 1.29 is 9.21 Å². The Morgan fingerprint density at radius 3 is 2.73 bits per heavy atom. The summed E-state index contributed by atoms with van der Waals surface area (Å²) in [6.07, 6.45) is 4.72. The first-order chi connectivity index (χ1) is 12.4. The third kappa shape index (κ3) is 4.47. The van der Waals surface area contributed by atoms with E-state index in [2.05, 4.69) is 36.3 Å². The Labute approximate surface area is 159 Å². The van der Waals surface area contributed by atoms with E-state index in [-0.39, 0.29) is 17.2 Å². The first-order valence-electron chi connectivity index (χ1n) is 9.32. The molecule has 1 aliphatic carbocycles. The summed E-state index contributed by atoms with van der Waals surface area (Å²) in [5.74, 6) is 1.08. The fraction of sp³-hybridized carbons (Fsp3) is 0.550. The molecule has 3 atom stereocenters. The number of carbonyl (C=O) groups excluding carboxylic acids is 1. The lowest BCUT2D eigenvalue weighted by atomic mass is 9.86. The van der Waals surface area contributed by atoms with Crippen LogP contribution in [0.25, 0.3) is 11.5 Å². The standard InChI is InChI=1S/C20H27N3O2S/c1-12-9-10-16(11-14(12)3)19-22-23-20(25-19)26-15(4)18(24)21-17-8-6-5-7-13(17)2/h9-11,13,15,17H,5-8H2,1-4H3,(H,21,24)/t13-,15+,17+/m0/s1. The first kappa shape index (κ1) is 19.0. The van der Waals surface area contributed by atoms with Crippen molar-refractivity contribution in [2.45, 2.75) is 69.9 Å². The molecule has 26 heavy (non-hydrogen) atoms. The van der Waals surface area contributed by atoms with Crippen LogP contribution in [0, 0.1) is 19.8 Å². The molecule has 1 fully saturated rings. The molecular formula is C20H27N3O2S. The molecule has 1 aromatic heterocycles. The number of aryl methyl sites for hydroxylation is 2. The molecule has 1 aliphatic rings. The molecule has 0 unspecified atom stereocenters. The third-order valence-corrected chi connectivity index (χ3v) is 6.18. The van der Waals surface area contributed by atoms with Gasteiger partial charge in [0.2, 0.25) is 11.8 Å². The minimum Gasteiger partial charge on any atom is -0.411 e. The molecule has 3 rings (SSSR count). The van der Waals surface area contributed by atoms with Crippen LogP contribution in [0.4, 0.5) is 0 Å². The van der Waals surface area contributed by atoms with Gasteiger partial charge in [-0.3, -0.25) is 4.79 Å². The summed E-state index contributed by atoms with van der Waals surface area (Å²) in [6, 6.07) is 6.35. The van der Waals surface area contributed by atoms with Gasteiger partial charge in [-0.25, -0.2) is 0 Å². The lowest BCUT2D eigenvalue weighted by Crippen LogP contribution is -2.44. The van der Waals surface area contributed by atoms with Crippen molar-refractivity contribution in [3.63, 3.8) is 0 Å². The highest BCUT2D eigenvalue weighted by Gasteiger charge is 2.26. The lowest BCUT2D eigenvalue weighted by Gasteiger charge is -2.30. The molecule has 0 saturated heterocycles. The highest BCUT2D eigenvalue weighted by Crippen LogP contribution is 2.28. The number of benzene rings is 1. The van der Waals surface area contributed by atoms with E-state index in [1.165, 1.54) is 42.2 Å². The second kappa shape index (κ2) is 8.25.